The normalized spacial score (nSPS) is 25.3. The van der Waals surface area contributed by atoms with E-state index in [-0.39, 0.29) is 36.0 Å². The van der Waals surface area contributed by atoms with E-state index in [1.807, 2.05) is 7.05 Å². The van der Waals surface area contributed by atoms with Crippen molar-refractivity contribution in [3.63, 3.8) is 0 Å². The van der Waals surface area contributed by atoms with E-state index in [4.69, 9.17) is 4.74 Å². The van der Waals surface area contributed by atoms with Crippen molar-refractivity contribution in [2.45, 2.75) is 38.0 Å². The molecule has 0 spiro atoms. The third-order valence-electron chi connectivity index (χ3n) is 5.69. The quantitative estimate of drug-likeness (QED) is 0.338. The molecule has 1 aliphatic carbocycles. The summed E-state index contributed by atoms with van der Waals surface area (Å²) in [5, 5.41) is 16.3. The van der Waals surface area contributed by atoms with E-state index in [1.165, 1.54) is 30.4 Å². The summed E-state index contributed by atoms with van der Waals surface area (Å²) >= 11 is 0. The zero-order valence-corrected chi connectivity index (χ0v) is 18.0. The first kappa shape index (κ1) is 21.4. The molecule has 146 valence electrons. The van der Waals surface area contributed by atoms with Crippen molar-refractivity contribution < 1.29 is 9.84 Å². The second-order valence-electron chi connectivity index (χ2n) is 7.37. The maximum atomic E-state index is 9.35. The highest BCUT2D eigenvalue weighted by molar-refractivity contribution is 14.0. The molecule has 1 fully saturated rings. The van der Waals surface area contributed by atoms with Crippen molar-refractivity contribution in [2.24, 2.45) is 10.4 Å². The van der Waals surface area contributed by atoms with E-state index in [1.54, 1.807) is 0 Å². The van der Waals surface area contributed by atoms with E-state index >= 15 is 0 Å². The van der Waals surface area contributed by atoms with E-state index < -0.39 is 0 Å². The number of ether oxygens (including phenoxy) is 1. The molecule has 0 aromatic heterocycles. The fourth-order valence-electron chi connectivity index (χ4n) is 4.09. The van der Waals surface area contributed by atoms with Crippen molar-refractivity contribution in [2.75, 3.05) is 40.0 Å². The molecule has 1 aliphatic heterocycles. The summed E-state index contributed by atoms with van der Waals surface area (Å²) in [5.41, 5.74) is 3.01. The number of aliphatic hydroxyl groups is 1. The third kappa shape index (κ3) is 5.33. The number of halogens is 1. The van der Waals surface area contributed by atoms with Crippen molar-refractivity contribution in [3.8, 4) is 0 Å². The Kier molecular flexibility index (Phi) is 8.63. The minimum atomic E-state index is 0. The number of guanidine groups is 1. The molecule has 0 bridgehead atoms. The van der Waals surface area contributed by atoms with Gasteiger partial charge in [0.15, 0.2) is 5.96 Å². The van der Waals surface area contributed by atoms with E-state index in [9.17, 15) is 5.11 Å². The van der Waals surface area contributed by atoms with Gasteiger partial charge in [0.2, 0.25) is 0 Å². The van der Waals surface area contributed by atoms with Crippen LogP contribution in [0.2, 0.25) is 0 Å². The fourth-order valence-corrected chi connectivity index (χ4v) is 4.09. The fraction of sp³-hybridized carbons (Fsp3) is 0.650. The summed E-state index contributed by atoms with van der Waals surface area (Å²) in [5.74, 6) is 1.39. The molecule has 2 aliphatic rings. The van der Waals surface area contributed by atoms with Gasteiger partial charge in [-0.1, -0.05) is 24.3 Å². The molecule has 1 heterocycles. The van der Waals surface area contributed by atoms with Crippen LogP contribution in [0.1, 0.15) is 42.7 Å². The second-order valence-corrected chi connectivity index (χ2v) is 7.37. The number of aliphatic imine (C=N–C) groups is 1. The molecule has 2 unspecified atom stereocenters. The van der Waals surface area contributed by atoms with Crippen LogP contribution in [0.4, 0.5) is 0 Å². The molecule has 0 saturated carbocycles. The van der Waals surface area contributed by atoms with Gasteiger partial charge in [-0.15, -0.1) is 24.0 Å². The molecule has 3 rings (SSSR count). The molecule has 1 aromatic carbocycles. The SMILES string of the molecule is CN=C(NCC1CCCc2ccccc21)NCC1(CCO)CCOC1.I. The van der Waals surface area contributed by atoms with E-state index in [0.717, 1.165) is 38.5 Å². The highest BCUT2D eigenvalue weighted by Gasteiger charge is 2.34. The second kappa shape index (κ2) is 10.5. The predicted molar refractivity (Wildman–Crippen MR) is 116 cm³/mol. The summed E-state index contributed by atoms with van der Waals surface area (Å²) in [6, 6.07) is 8.80. The van der Waals surface area contributed by atoms with Crippen molar-refractivity contribution in [1.82, 2.24) is 10.6 Å². The minimum absolute atomic E-state index is 0. The molecule has 2 atom stereocenters. The number of rotatable bonds is 6. The molecule has 6 heteroatoms. The van der Waals surface area contributed by atoms with Crippen molar-refractivity contribution >= 4 is 29.9 Å². The number of hydrogen-bond acceptors (Lipinski definition) is 3. The van der Waals surface area contributed by atoms with Crippen LogP contribution in [0.15, 0.2) is 29.3 Å². The molecule has 26 heavy (non-hydrogen) atoms. The van der Waals surface area contributed by atoms with Crippen LogP contribution in [-0.2, 0) is 11.2 Å². The lowest BCUT2D eigenvalue weighted by Crippen LogP contribution is -2.45. The van der Waals surface area contributed by atoms with Crippen LogP contribution in [0.5, 0.6) is 0 Å². The summed E-state index contributed by atoms with van der Waals surface area (Å²) < 4.78 is 5.56. The van der Waals surface area contributed by atoms with Gasteiger partial charge in [0, 0.05) is 44.7 Å². The molecular formula is C20H32IN3O2. The van der Waals surface area contributed by atoms with Gasteiger partial charge in [-0.2, -0.15) is 0 Å². The Hall–Kier alpha value is -0.860. The molecule has 0 amide bonds. The van der Waals surface area contributed by atoms with Crippen LogP contribution < -0.4 is 10.6 Å². The summed E-state index contributed by atoms with van der Waals surface area (Å²) in [6.07, 6.45) is 5.44. The number of hydrogen-bond donors (Lipinski definition) is 3. The average molecular weight is 473 g/mol. The van der Waals surface area contributed by atoms with Crippen LogP contribution in [-0.4, -0.2) is 51.0 Å². The summed E-state index contributed by atoms with van der Waals surface area (Å²) in [4.78, 5) is 4.37. The van der Waals surface area contributed by atoms with Gasteiger partial charge in [0.05, 0.1) is 6.61 Å². The first-order valence-corrected chi connectivity index (χ1v) is 9.47. The van der Waals surface area contributed by atoms with Gasteiger partial charge >= 0.3 is 0 Å². The predicted octanol–water partition coefficient (Wildman–Crippen LogP) is 2.68. The Labute approximate surface area is 174 Å². The maximum Gasteiger partial charge on any atom is 0.191 e. The monoisotopic (exact) mass is 473 g/mol. The van der Waals surface area contributed by atoms with Gasteiger partial charge in [-0.3, -0.25) is 4.99 Å². The van der Waals surface area contributed by atoms with Crippen LogP contribution >= 0.6 is 24.0 Å². The minimum Gasteiger partial charge on any atom is -0.396 e. The molecule has 5 nitrogen and oxygen atoms in total. The first-order chi connectivity index (χ1) is 12.3. The summed E-state index contributed by atoms with van der Waals surface area (Å²) in [7, 11) is 1.81. The van der Waals surface area contributed by atoms with Gasteiger partial charge < -0.3 is 20.5 Å². The zero-order valence-electron chi connectivity index (χ0n) is 15.7. The smallest absolute Gasteiger partial charge is 0.191 e. The molecule has 0 radical (unpaired) electrons. The van der Waals surface area contributed by atoms with Gasteiger partial charge in [0.1, 0.15) is 0 Å². The number of nitrogens with one attached hydrogen (secondary N) is 2. The lowest BCUT2D eigenvalue weighted by Gasteiger charge is -2.29. The van der Waals surface area contributed by atoms with E-state index in [2.05, 4.69) is 39.9 Å². The molecule has 3 N–H and O–H groups in total. The Bertz CT molecular complexity index is 588. The van der Waals surface area contributed by atoms with Crippen LogP contribution in [0.3, 0.4) is 0 Å². The number of aryl methyl sites for hydroxylation is 1. The van der Waals surface area contributed by atoms with Gasteiger partial charge in [-0.05, 0) is 43.2 Å². The zero-order chi connectivity index (χ0) is 17.5. The maximum absolute atomic E-state index is 9.35. The van der Waals surface area contributed by atoms with Crippen molar-refractivity contribution in [3.05, 3.63) is 35.4 Å². The van der Waals surface area contributed by atoms with Crippen molar-refractivity contribution in [1.29, 1.82) is 0 Å². The molecular weight excluding hydrogens is 441 g/mol. The lowest BCUT2D eigenvalue weighted by atomic mass is 9.83. The lowest BCUT2D eigenvalue weighted by molar-refractivity contribution is 0.127. The number of nitrogens with zero attached hydrogens (tertiary/aromatic N) is 1. The average Bonchev–Trinajstić information content (AvgIpc) is 3.11. The third-order valence-corrected chi connectivity index (χ3v) is 5.69. The first-order valence-electron chi connectivity index (χ1n) is 9.47. The Morgan fingerprint density at radius 2 is 2.19 bits per heavy atom. The number of fused-ring (bicyclic) bond motifs is 1. The molecule has 1 aromatic rings. The molecule has 1 saturated heterocycles. The van der Waals surface area contributed by atoms with E-state index in [0.29, 0.717) is 12.5 Å². The Morgan fingerprint density at radius 3 is 2.92 bits per heavy atom. The Morgan fingerprint density at radius 1 is 1.35 bits per heavy atom. The standard InChI is InChI=1S/C20H31N3O2.HI/c1-21-19(23-14-20(9-11-24)10-12-25-15-20)22-13-17-7-4-6-16-5-2-3-8-18(16)17;/h2-3,5,8,17,24H,4,6-7,9-15H2,1H3,(H2,21,22,23);1H. The Balaban J connectivity index is 0.00000243. The largest absolute Gasteiger partial charge is 0.396 e. The van der Waals surface area contributed by atoms with Gasteiger partial charge in [-0.25, -0.2) is 0 Å². The highest BCUT2D eigenvalue weighted by atomic mass is 127. The van der Waals surface area contributed by atoms with Crippen LogP contribution in [0, 0.1) is 5.41 Å². The topological polar surface area (TPSA) is 65.9 Å². The number of aliphatic hydroxyl groups excluding tert-OH is 1. The number of benzene rings is 1. The highest BCUT2D eigenvalue weighted by Crippen LogP contribution is 2.32. The van der Waals surface area contributed by atoms with Crippen LogP contribution in [0.25, 0.3) is 0 Å². The summed E-state index contributed by atoms with van der Waals surface area (Å²) in [6.45, 7) is 3.39. The van der Waals surface area contributed by atoms with Gasteiger partial charge in [0.25, 0.3) is 0 Å².